The Hall–Kier alpha value is -0.910. The number of unbranched alkanes of at least 4 members (excludes halogenated alkanes) is 15. The van der Waals surface area contributed by atoms with Crippen LogP contribution in [0.5, 0.6) is 0 Å². The van der Waals surface area contributed by atoms with Crippen LogP contribution in [0.25, 0.3) is 39.2 Å². The molecule has 2 fully saturated rings. The number of hydrogen-bond acceptors (Lipinski definition) is 8. The van der Waals surface area contributed by atoms with Gasteiger partial charge in [0.2, 0.25) is 0 Å². The summed E-state index contributed by atoms with van der Waals surface area (Å²) in [5.74, 6) is 0. The van der Waals surface area contributed by atoms with E-state index in [2.05, 4.69) is 103 Å². The Morgan fingerprint density at radius 1 is 0.390 bits per heavy atom. The fraction of sp³-hybridized carbons (Fsp3) is 0.750. The molecular weight excluding hydrogens is 804 g/mol. The highest BCUT2D eigenvalue weighted by Gasteiger charge is 2.54. The maximum absolute atomic E-state index is 6.81. The van der Waals surface area contributed by atoms with E-state index in [1.165, 1.54) is 175 Å². The van der Waals surface area contributed by atoms with Crippen molar-refractivity contribution >= 4 is 108 Å². The number of aryl methyl sites for hydroxylation is 3. The van der Waals surface area contributed by atoms with Crippen LogP contribution >= 0.6 is 45.3 Å². The Bertz CT molecular complexity index is 2000. The third kappa shape index (κ3) is 9.22. The second-order valence-electron chi connectivity index (χ2n) is 19.9. The minimum absolute atomic E-state index is 0.325. The van der Waals surface area contributed by atoms with E-state index in [0.717, 1.165) is 19.4 Å². The molecule has 0 amide bonds. The Kier molecular flexibility index (Phi) is 14.9. The quantitative estimate of drug-likeness (QED) is 0.0484. The monoisotopic (exact) mass is 879 g/mol. The zero-order valence-corrected chi connectivity index (χ0v) is 42.0. The molecule has 0 aliphatic carbocycles. The molecule has 0 radical (unpaired) electrons. The fourth-order valence-corrected chi connectivity index (χ4v) is 15.1. The van der Waals surface area contributed by atoms with Gasteiger partial charge in [0.1, 0.15) is 0 Å². The van der Waals surface area contributed by atoms with Crippen LogP contribution in [0.1, 0.15) is 203 Å². The summed E-state index contributed by atoms with van der Waals surface area (Å²) in [6.45, 7) is 25.5. The number of hydrogen-bond donors (Lipinski definition) is 0. The van der Waals surface area contributed by atoms with Crippen molar-refractivity contribution < 1.29 is 18.6 Å². The lowest BCUT2D eigenvalue weighted by Gasteiger charge is -2.32. The van der Waals surface area contributed by atoms with Gasteiger partial charge in [-0.2, -0.15) is 0 Å². The summed E-state index contributed by atoms with van der Waals surface area (Å²) in [5, 5.41) is 0. The third-order valence-corrected chi connectivity index (χ3v) is 19.6. The summed E-state index contributed by atoms with van der Waals surface area (Å²) < 4.78 is 41.5. The summed E-state index contributed by atoms with van der Waals surface area (Å²) in [6.07, 6.45) is 25.7. The van der Waals surface area contributed by atoms with Gasteiger partial charge in [-0.05, 0) is 98.6 Å². The van der Waals surface area contributed by atoms with Gasteiger partial charge in [0.25, 0.3) is 0 Å². The average molecular weight is 880 g/mol. The first-order valence-electron chi connectivity index (χ1n) is 23.8. The SMILES string of the molecule is CCCCCCCCCCCCn1c2c3sc(B4OC(C)(C)C(C)(C)O4)c(CCCCCC)c3sc2c2sc3c(CCCCCC)c(B4OC(C)(C)C(C)(C)O4)sc3c21. The van der Waals surface area contributed by atoms with Crippen molar-refractivity contribution in [2.45, 2.75) is 234 Å². The molecule has 0 spiro atoms. The summed E-state index contributed by atoms with van der Waals surface area (Å²) in [6, 6.07) is 0. The smallest absolute Gasteiger partial charge is 0.399 e. The fourth-order valence-electron chi connectivity index (χ4n) is 9.07. The largest absolute Gasteiger partial charge is 0.505 e. The highest BCUT2D eigenvalue weighted by molar-refractivity contribution is 7.41. The van der Waals surface area contributed by atoms with E-state index in [1.807, 2.05) is 22.7 Å². The van der Waals surface area contributed by atoms with Gasteiger partial charge < -0.3 is 23.2 Å². The van der Waals surface area contributed by atoms with Gasteiger partial charge in [-0.3, -0.25) is 0 Å². The molecule has 11 heteroatoms. The van der Waals surface area contributed by atoms with Gasteiger partial charge >= 0.3 is 14.2 Å². The van der Waals surface area contributed by atoms with Crippen molar-refractivity contribution in [3.8, 4) is 0 Å². The van der Waals surface area contributed by atoms with Crippen LogP contribution in [-0.2, 0) is 38.0 Å². The number of aromatic nitrogens is 1. The molecule has 59 heavy (non-hydrogen) atoms. The van der Waals surface area contributed by atoms with Gasteiger partial charge in [-0.1, -0.05) is 117 Å². The lowest BCUT2D eigenvalue weighted by atomic mass is 9.83. The van der Waals surface area contributed by atoms with Gasteiger partial charge in [0.15, 0.2) is 0 Å². The molecule has 0 aromatic carbocycles. The first-order chi connectivity index (χ1) is 28.2. The van der Waals surface area contributed by atoms with Crippen LogP contribution < -0.4 is 9.55 Å². The van der Waals surface area contributed by atoms with Crippen molar-refractivity contribution in [1.29, 1.82) is 0 Å². The van der Waals surface area contributed by atoms with E-state index in [-0.39, 0.29) is 36.6 Å². The summed E-state index contributed by atoms with van der Waals surface area (Å²) in [7, 11) is -0.650. The van der Waals surface area contributed by atoms with Crippen molar-refractivity contribution in [3.63, 3.8) is 0 Å². The number of thiophene rings is 4. The molecule has 326 valence electrons. The maximum Gasteiger partial charge on any atom is 0.505 e. The molecule has 5 nitrogen and oxygen atoms in total. The third-order valence-electron chi connectivity index (χ3n) is 14.2. The molecule has 0 saturated carbocycles. The maximum atomic E-state index is 6.81. The zero-order chi connectivity index (χ0) is 42.2. The van der Waals surface area contributed by atoms with Crippen LogP contribution in [-0.4, -0.2) is 41.2 Å². The molecule has 7 heterocycles. The lowest BCUT2D eigenvalue weighted by Crippen LogP contribution is -2.41. The predicted molar refractivity (Wildman–Crippen MR) is 265 cm³/mol. The van der Waals surface area contributed by atoms with E-state index in [0.29, 0.717) is 0 Å². The second-order valence-corrected chi connectivity index (χ2v) is 24.0. The summed E-state index contributed by atoms with van der Waals surface area (Å²) in [5.41, 5.74) is 4.43. The Morgan fingerprint density at radius 3 is 1.05 bits per heavy atom. The van der Waals surface area contributed by atoms with Gasteiger partial charge in [-0.25, -0.2) is 0 Å². The molecule has 2 aliphatic rings. The van der Waals surface area contributed by atoms with Crippen molar-refractivity contribution in [1.82, 2.24) is 4.57 Å². The molecule has 0 atom stereocenters. The van der Waals surface area contributed by atoms with Gasteiger partial charge in [-0.15, -0.1) is 45.3 Å². The van der Waals surface area contributed by atoms with Crippen LogP contribution in [0.3, 0.4) is 0 Å². The van der Waals surface area contributed by atoms with E-state index >= 15 is 0 Å². The van der Waals surface area contributed by atoms with Gasteiger partial charge in [0, 0.05) is 16.1 Å². The molecule has 0 unspecified atom stereocenters. The van der Waals surface area contributed by atoms with Crippen LogP contribution in [0, 0.1) is 0 Å². The van der Waals surface area contributed by atoms with Crippen LogP contribution in [0.15, 0.2) is 0 Å². The van der Waals surface area contributed by atoms with Crippen molar-refractivity contribution in [3.05, 3.63) is 11.1 Å². The van der Waals surface area contributed by atoms with E-state index in [4.69, 9.17) is 18.6 Å². The molecular formula is C48H75B2NO4S4. The Labute approximate surface area is 374 Å². The standard InChI is InChI=1S/C48H75B2NO4S4/c1-12-15-18-21-22-23-24-25-26-29-32-51-35-39-37(33(30-27-19-16-13-2)43(58-39)49-52-45(4,5)46(6,7)53-49)56-41(35)42-36(51)40-38(57-42)34(31-28-20-17-14-3)44(59-40)50-54-47(8,9)48(10,11)55-50/h12-32H2,1-11H3. The van der Waals surface area contributed by atoms with Crippen LogP contribution in [0.4, 0.5) is 0 Å². The predicted octanol–water partition coefficient (Wildman–Crippen LogP) is 15.1. The number of fused-ring (bicyclic) bond motifs is 7. The van der Waals surface area contributed by atoms with E-state index in [1.54, 1.807) is 0 Å². The second kappa shape index (κ2) is 19.1. The minimum Gasteiger partial charge on any atom is -0.399 e. The Morgan fingerprint density at radius 2 is 0.695 bits per heavy atom. The van der Waals surface area contributed by atoms with Crippen molar-refractivity contribution in [2.75, 3.05) is 0 Å². The molecule has 2 aliphatic heterocycles. The summed E-state index contributed by atoms with van der Waals surface area (Å²) >= 11 is 8.07. The average Bonchev–Trinajstić information content (AvgIpc) is 4.00. The highest BCUT2D eigenvalue weighted by Crippen LogP contribution is 2.52. The van der Waals surface area contributed by atoms with Crippen LogP contribution in [0.2, 0.25) is 0 Å². The number of nitrogens with zero attached hydrogens (tertiary/aromatic N) is 1. The summed E-state index contributed by atoms with van der Waals surface area (Å²) in [4.78, 5) is 0. The van der Waals surface area contributed by atoms with Gasteiger partial charge in [0.05, 0.1) is 61.6 Å². The molecule has 2 saturated heterocycles. The van der Waals surface area contributed by atoms with Crippen molar-refractivity contribution in [2.24, 2.45) is 0 Å². The minimum atomic E-state index is -0.365. The van der Waals surface area contributed by atoms with E-state index in [9.17, 15) is 0 Å². The molecule has 0 bridgehead atoms. The molecule has 5 aromatic heterocycles. The molecule has 5 aromatic rings. The normalized spacial score (nSPS) is 18.7. The number of rotatable bonds is 23. The lowest BCUT2D eigenvalue weighted by molar-refractivity contribution is 0.00578. The molecule has 0 N–H and O–H groups in total. The molecule has 7 rings (SSSR count). The first kappa shape index (κ1) is 46.1. The highest BCUT2D eigenvalue weighted by atomic mass is 32.1. The topological polar surface area (TPSA) is 41.9 Å². The van der Waals surface area contributed by atoms with E-state index < -0.39 is 0 Å². The Balaban J connectivity index is 1.32. The first-order valence-corrected chi connectivity index (χ1v) is 27.1. The zero-order valence-electron chi connectivity index (χ0n) is 38.7.